The van der Waals surface area contributed by atoms with Gasteiger partial charge in [0.2, 0.25) is 17.7 Å². The molecule has 0 aromatic heterocycles. The standard InChI is InChI=1S/C52H57N5O6/c1-3-21-52(2,41-27-43(41)53-35-12-9-31(10-13-35)48-37(30-7-5-4-6-8-30)15-11-34-24-36(58)14-16-38(34)48)42-28-44(42)54-47(60)29-56-22-19-32-25-39-40(26-33(32)20-23-56)51(63)57(50(39)62)45-17-18-46(59)55-49(45)61/h4-10,12-14,16,24-26,37,41-45,48,53,58H,3,11,15,17-23,27-29H2,1-2H3,(H,54,60)(H,55,59,61)/t37-,41?,42?,43?,44?,45?,48+,52?/m1/s1. The van der Waals surface area contributed by atoms with Crippen LogP contribution in [0.4, 0.5) is 5.69 Å². The lowest BCUT2D eigenvalue weighted by atomic mass is 9.69. The van der Waals surface area contributed by atoms with Gasteiger partial charge in [-0.25, -0.2) is 0 Å². The van der Waals surface area contributed by atoms with Gasteiger partial charge in [-0.15, -0.1) is 0 Å². The van der Waals surface area contributed by atoms with E-state index in [1.807, 2.05) is 12.1 Å². The maximum atomic E-state index is 13.6. The fraction of sp³-hybridized carbons (Fsp3) is 0.442. The van der Waals surface area contributed by atoms with Crippen LogP contribution in [0, 0.1) is 17.3 Å². The molecule has 0 spiro atoms. The van der Waals surface area contributed by atoms with Gasteiger partial charge in [0.05, 0.1) is 17.7 Å². The summed E-state index contributed by atoms with van der Waals surface area (Å²) in [5, 5.41) is 19.8. The van der Waals surface area contributed by atoms with Gasteiger partial charge in [-0.1, -0.05) is 68.8 Å². The highest BCUT2D eigenvalue weighted by Gasteiger charge is 2.60. The lowest BCUT2D eigenvalue weighted by Gasteiger charge is -2.35. The molecule has 8 atom stereocenters. The summed E-state index contributed by atoms with van der Waals surface area (Å²) < 4.78 is 0. The molecule has 4 aromatic carbocycles. The molecule has 3 aliphatic heterocycles. The van der Waals surface area contributed by atoms with Crippen LogP contribution in [0.3, 0.4) is 0 Å². The van der Waals surface area contributed by atoms with Gasteiger partial charge in [0.15, 0.2) is 0 Å². The van der Waals surface area contributed by atoms with Crippen LogP contribution < -0.4 is 16.0 Å². The van der Waals surface area contributed by atoms with Crippen molar-refractivity contribution in [2.75, 3.05) is 25.0 Å². The zero-order valence-electron chi connectivity index (χ0n) is 36.2. The number of carbonyl (C=O) groups is 5. The highest BCUT2D eigenvalue weighted by atomic mass is 16.3. The van der Waals surface area contributed by atoms with Gasteiger partial charge in [-0.05, 0) is 144 Å². The predicted octanol–water partition coefficient (Wildman–Crippen LogP) is 6.87. The van der Waals surface area contributed by atoms with Crippen molar-refractivity contribution >= 4 is 35.2 Å². The van der Waals surface area contributed by atoms with Crippen LogP contribution in [0.15, 0.2) is 84.9 Å². The molecule has 4 N–H and O–H groups in total. The third-order valence-corrected chi connectivity index (χ3v) is 15.4. The molecule has 11 heteroatoms. The van der Waals surface area contributed by atoms with Crippen molar-refractivity contribution in [2.45, 2.75) is 108 Å². The predicted molar refractivity (Wildman–Crippen MR) is 239 cm³/mol. The van der Waals surface area contributed by atoms with E-state index in [4.69, 9.17) is 0 Å². The Hall–Kier alpha value is -5.81. The molecule has 0 radical (unpaired) electrons. The number of nitrogens with one attached hydrogen (secondary N) is 3. The van der Waals surface area contributed by atoms with E-state index in [-0.39, 0.29) is 36.1 Å². The van der Waals surface area contributed by atoms with Crippen molar-refractivity contribution in [3.8, 4) is 5.75 Å². The molecule has 63 heavy (non-hydrogen) atoms. The Morgan fingerprint density at radius 1 is 0.778 bits per heavy atom. The first-order valence-electron chi connectivity index (χ1n) is 23.1. The van der Waals surface area contributed by atoms with E-state index >= 15 is 0 Å². The number of aromatic hydroxyl groups is 1. The van der Waals surface area contributed by atoms with Crippen molar-refractivity contribution < 1.29 is 29.1 Å². The van der Waals surface area contributed by atoms with Gasteiger partial charge in [0.25, 0.3) is 11.8 Å². The molecule has 11 nitrogen and oxygen atoms in total. The minimum absolute atomic E-state index is 0.0393. The number of piperidine rings is 1. The first-order valence-corrected chi connectivity index (χ1v) is 23.1. The van der Waals surface area contributed by atoms with E-state index in [1.165, 1.54) is 22.3 Å². The molecule has 0 bridgehead atoms. The molecular weight excluding hydrogens is 791 g/mol. The molecule has 5 amide bonds. The molecule has 6 aliphatic rings. The SMILES string of the molecule is CCCC(C)(C1CC1NC(=O)CN1CCc2cc3c(cc2CC1)C(=O)N(C1CCC(=O)NC1=O)C3=O)C1CC1Nc1ccc([C@@H]2c3ccc(O)cc3CC[C@@H]2c2ccccc2)cc1. The smallest absolute Gasteiger partial charge is 0.262 e. The fourth-order valence-electron chi connectivity index (χ4n) is 12.0. The van der Waals surface area contributed by atoms with Crippen LogP contribution >= 0.6 is 0 Å². The number of carbonyl (C=O) groups excluding carboxylic acids is 5. The third kappa shape index (κ3) is 7.83. The molecule has 3 fully saturated rings. The molecule has 1 saturated heterocycles. The molecule has 10 rings (SSSR count). The normalized spacial score (nSPS) is 27.3. The topological polar surface area (TPSA) is 148 Å². The van der Waals surface area contributed by atoms with Crippen molar-refractivity contribution in [1.82, 2.24) is 20.4 Å². The van der Waals surface area contributed by atoms with E-state index in [0.29, 0.717) is 73.1 Å². The monoisotopic (exact) mass is 847 g/mol. The number of benzene rings is 4. The first-order chi connectivity index (χ1) is 30.5. The van der Waals surface area contributed by atoms with E-state index in [2.05, 4.69) is 95.4 Å². The van der Waals surface area contributed by atoms with Gasteiger partial charge in [-0.2, -0.15) is 0 Å². The minimum atomic E-state index is -0.986. The number of amides is 5. The zero-order chi connectivity index (χ0) is 43.6. The quantitative estimate of drug-likeness (QED) is 0.113. The highest BCUT2D eigenvalue weighted by Crippen LogP contribution is 2.60. The maximum absolute atomic E-state index is 13.6. The average Bonchev–Trinajstić information content (AvgIpc) is 4.21. The second-order valence-corrected chi connectivity index (χ2v) is 19.3. The molecule has 326 valence electrons. The summed E-state index contributed by atoms with van der Waals surface area (Å²) in [6, 6.07) is 28.9. The summed E-state index contributed by atoms with van der Waals surface area (Å²) in [6.07, 6.45) is 7.82. The summed E-state index contributed by atoms with van der Waals surface area (Å²) in [7, 11) is 0. The van der Waals surface area contributed by atoms with Crippen molar-refractivity contribution in [2.24, 2.45) is 17.3 Å². The molecule has 2 saturated carbocycles. The summed E-state index contributed by atoms with van der Waals surface area (Å²) in [5.74, 6) is -0.0814. The number of hydrogen-bond donors (Lipinski definition) is 4. The Labute approximate surface area is 369 Å². The number of fused-ring (bicyclic) bond motifs is 3. The van der Waals surface area contributed by atoms with Crippen LogP contribution in [0.1, 0.15) is 125 Å². The molecule has 3 heterocycles. The maximum Gasteiger partial charge on any atom is 0.262 e. The number of phenolic OH excluding ortho intramolecular Hbond substituents is 1. The largest absolute Gasteiger partial charge is 0.508 e. The second-order valence-electron chi connectivity index (χ2n) is 19.3. The summed E-state index contributed by atoms with van der Waals surface area (Å²) in [4.78, 5) is 67.8. The van der Waals surface area contributed by atoms with Gasteiger partial charge in [0.1, 0.15) is 11.8 Å². The second kappa shape index (κ2) is 16.4. The van der Waals surface area contributed by atoms with E-state index in [0.717, 1.165) is 60.2 Å². The average molecular weight is 848 g/mol. The molecule has 6 unspecified atom stereocenters. The van der Waals surface area contributed by atoms with Crippen LogP contribution in [0.5, 0.6) is 5.75 Å². The molecular formula is C52H57N5O6. The van der Waals surface area contributed by atoms with Crippen LogP contribution in [0.25, 0.3) is 0 Å². The number of rotatable bonds is 12. The number of nitrogens with zero attached hydrogens (tertiary/aromatic N) is 2. The van der Waals surface area contributed by atoms with Gasteiger partial charge < -0.3 is 15.7 Å². The van der Waals surface area contributed by atoms with Crippen LogP contribution in [-0.2, 0) is 33.6 Å². The Kier molecular flexibility index (Phi) is 10.7. The molecule has 3 aliphatic carbocycles. The van der Waals surface area contributed by atoms with E-state index < -0.39 is 29.7 Å². The number of hydrogen-bond acceptors (Lipinski definition) is 8. The zero-order valence-corrected chi connectivity index (χ0v) is 36.2. The van der Waals surface area contributed by atoms with Gasteiger partial charge >= 0.3 is 0 Å². The van der Waals surface area contributed by atoms with Crippen molar-refractivity contribution in [1.29, 1.82) is 0 Å². The van der Waals surface area contributed by atoms with Crippen LogP contribution in [0.2, 0.25) is 0 Å². The summed E-state index contributed by atoms with van der Waals surface area (Å²) >= 11 is 0. The number of phenols is 1. The van der Waals surface area contributed by atoms with Crippen molar-refractivity contribution in [3.05, 3.63) is 129 Å². The van der Waals surface area contributed by atoms with E-state index in [1.54, 1.807) is 12.1 Å². The first kappa shape index (κ1) is 41.2. The van der Waals surface area contributed by atoms with Crippen LogP contribution in [-0.4, -0.2) is 82.2 Å². The lowest BCUT2D eigenvalue weighted by Crippen LogP contribution is -2.54. The number of imide groups is 2. The lowest BCUT2D eigenvalue weighted by molar-refractivity contribution is -0.136. The Morgan fingerprint density at radius 3 is 2.14 bits per heavy atom. The summed E-state index contributed by atoms with van der Waals surface area (Å²) in [5.41, 5.74) is 9.02. The number of aryl methyl sites for hydroxylation is 1. The minimum Gasteiger partial charge on any atom is -0.508 e. The Balaban J connectivity index is 0.738. The summed E-state index contributed by atoms with van der Waals surface area (Å²) in [6.45, 7) is 6.31. The van der Waals surface area contributed by atoms with E-state index in [9.17, 15) is 29.1 Å². The van der Waals surface area contributed by atoms with Gasteiger partial charge in [-0.3, -0.25) is 39.1 Å². The Bertz CT molecular complexity index is 2440. The fourth-order valence-corrected chi connectivity index (χ4v) is 12.0. The highest BCUT2D eigenvalue weighted by molar-refractivity contribution is 6.23. The third-order valence-electron chi connectivity index (χ3n) is 15.4. The van der Waals surface area contributed by atoms with Gasteiger partial charge in [0, 0.05) is 43.2 Å². The molecule has 4 aromatic rings. The Morgan fingerprint density at radius 2 is 1.46 bits per heavy atom. The van der Waals surface area contributed by atoms with Crippen molar-refractivity contribution in [3.63, 3.8) is 0 Å². The number of anilines is 1.